The first-order valence-corrected chi connectivity index (χ1v) is 14.9. The van der Waals surface area contributed by atoms with Gasteiger partial charge in [0.1, 0.15) is 0 Å². The summed E-state index contributed by atoms with van der Waals surface area (Å²) in [6.07, 6.45) is -0.0306. The monoisotopic (exact) mass is 632 g/mol. The van der Waals surface area contributed by atoms with Crippen molar-refractivity contribution < 1.29 is 53.1 Å². The molecule has 0 saturated carbocycles. The molecule has 10 nitrogen and oxygen atoms in total. The third-order valence-corrected chi connectivity index (χ3v) is 8.93. The number of carboxylic acid groups (broad SMARTS) is 2. The van der Waals surface area contributed by atoms with Crippen molar-refractivity contribution in [3.05, 3.63) is 45.9 Å². The van der Waals surface area contributed by atoms with Crippen LogP contribution in [0.3, 0.4) is 0 Å². The summed E-state index contributed by atoms with van der Waals surface area (Å²) < 4.78 is 33.1. The normalized spacial score (nSPS) is 12.7. The number of ketones is 2. The zero-order valence-corrected chi connectivity index (χ0v) is 25.1. The number of hydrogen-bond acceptors (Lipinski definition) is 10. The van der Waals surface area contributed by atoms with E-state index in [0.29, 0.717) is 27.5 Å². The minimum absolute atomic E-state index is 0.00847. The van der Waals surface area contributed by atoms with E-state index < -0.39 is 41.1 Å². The Bertz CT molecular complexity index is 1710. The molecule has 2 aromatic heterocycles. The number of benzene rings is 2. The van der Waals surface area contributed by atoms with Gasteiger partial charge < -0.3 is 29.5 Å². The number of carbonyl (C=O) groups excluding carboxylic acids is 2. The molecule has 0 radical (unpaired) electrons. The summed E-state index contributed by atoms with van der Waals surface area (Å²) in [7, 11) is 1.48. The number of phenolic OH excluding ortho intramolecular Hbond substituents is 1. The zero-order chi connectivity index (χ0) is 31.4. The maximum Gasteiger partial charge on any atom is 0.306 e. The highest BCUT2D eigenvalue weighted by molar-refractivity contribution is 7.21. The Morgan fingerprint density at radius 2 is 1.40 bits per heavy atom. The molecule has 0 saturated heterocycles. The van der Waals surface area contributed by atoms with E-state index in [1.54, 1.807) is 18.2 Å². The molecule has 0 unspecified atom stereocenters. The SMILES string of the molecule is COc1cc2sc(C(=O)C[C@H](C)C(=O)O)cc2cc1OCCCOc1c(O)cc2sc(C(=O)C[C@H](C)C(=O)O)cc2c1F. The Balaban J connectivity index is 1.38. The van der Waals surface area contributed by atoms with Gasteiger partial charge in [-0.15, -0.1) is 22.7 Å². The summed E-state index contributed by atoms with van der Waals surface area (Å²) in [6.45, 7) is 3.04. The quantitative estimate of drug-likeness (QED) is 0.0989. The lowest BCUT2D eigenvalue weighted by Crippen LogP contribution is -2.13. The van der Waals surface area contributed by atoms with Crippen molar-refractivity contribution >= 4 is 66.4 Å². The molecule has 0 fully saturated rings. The zero-order valence-electron chi connectivity index (χ0n) is 23.5. The topological polar surface area (TPSA) is 157 Å². The number of phenols is 1. The Labute approximate surface area is 253 Å². The maximum absolute atomic E-state index is 15.2. The number of aliphatic carboxylic acids is 2. The lowest BCUT2D eigenvalue weighted by molar-refractivity contribution is -0.141. The van der Waals surface area contributed by atoms with Crippen molar-refractivity contribution in [2.24, 2.45) is 11.8 Å². The Kier molecular flexibility index (Phi) is 9.87. The van der Waals surface area contributed by atoms with Gasteiger partial charge in [-0.1, -0.05) is 13.8 Å². The molecule has 2 heterocycles. The van der Waals surface area contributed by atoms with Gasteiger partial charge in [0, 0.05) is 46.2 Å². The lowest BCUT2D eigenvalue weighted by Gasteiger charge is -2.12. The molecule has 0 bridgehead atoms. The first-order chi connectivity index (χ1) is 20.4. The van der Waals surface area contributed by atoms with Gasteiger partial charge in [-0.25, -0.2) is 4.39 Å². The first kappa shape index (κ1) is 31.7. The molecule has 43 heavy (non-hydrogen) atoms. The van der Waals surface area contributed by atoms with E-state index in [4.69, 9.17) is 24.4 Å². The van der Waals surface area contributed by atoms with Crippen LogP contribution in [0.15, 0.2) is 30.3 Å². The largest absolute Gasteiger partial charge is 0.504 e. The van der Waals surface area contributed by atoms with Crippen molar-refractivity contribution in [2.75, 3.05) is 20.3 Å². The van der Waals surface area contributed by atoms with Crippen molar-refractivity contribution in [3.8, 4) is 23.0 Å². The Morgan fingerprint density at radius 1 is 0.814 bits per heavy atom. The van der Waals surface area contributed by atoms with E-state index in [1.807, 2.05) is 0 Å². The number of Topliss-reactive ketones (excluding diaryl/α,β-unsaturated/α-hetero) is 2. The fourth-order valence-corrected chi connectivity index (χ4v) is 6.25. The van der Waals surface area contributed by atoms with Crippen molar-refractivity contribution in [1.29, 1.82) is 0 Å². The van der Waals surface area contributed by atoms with E-state index in [1.165, 1.54) is 44.4 Å². The second-order valence-electron chi connectivity index (χ2n) is 10.00. The number of aromatic hydroxyl groups is 1. The van der Waals surface area contributed by atoms with Gasteiger partial charge in [0.2, 0.25) is 0 Å². The summed E-state index contributed by atoms with van der Waals surface area (Å²) >= 11 is 2.20. The van der Waals surface area contributed by atoms with E-state index in [2.05, 4.69) is 0 Å². The van der Waals surface area contributed by atoms with Crippen LogP contribution in [0.2, 0.25) is 0 Å². The molecule has 2 atom stereocenters. The number of carboxylic acids is 2. The maximum atomic E-state index is 15.2. The van der Waals surface area contributed by atoms with Crippen molar-refractivity contribution in [1.82, 2.24) is 0 Å². The van der Waals surface area contributed by atoms with E-state index in [-0.39, 0.29) is 47.9 Å². The predicted octanol–water partition coefficient (Wildman–Crippen LogP) is 6.40. The third kappa shape index (κ3) is 7.23. The molecule has 2 aromatic carbocycles. The number of ether oxygens (including phenoxy) is 3. The molecule has 0 spiro atoms. The molecule has 4 aromatic rings. The molecule has 4 rings (SSSR count). The van der Waals surface area contributed by atoms with Crippen LogP contribution in [0.5, 0.6) is 23.0 Å². The van der Waals surface area contributed by atoms with Crippen LogP contribution < -0.4 is 14.2 Å². The van der Waals surface area contributed by atoms with Gasteiger partial charge in [0.25, 0.3) is 0 Å². The number of carbonyl (C=O) groups is 4. The fraction of sp³-hybridized carbons (Fsp3) is 0.333. The minimum Gasteiger partial charge on any atom is -0.504 e. The number of rotatable bonds is 15. The van der Waals surface area contributed by atoms with Gasteiger partial charge >= 0.3 is 11.9 Å². The standard InChI is InChI=1S/C30H29FO10S2/c1-14(29(35)36)7-18(32)25-10-16-9-22(21(39-3)13-23(16)42-25)40-5-4-6-41-28-20(34)12-24-17(27(28)31)11-26(43-24)19(33)8-15(2)30(37)38/h9-15,34H,4-8H2,1-3H3,(H,35,36)(H,37,38)/t14-,15-/m0/s1. The van der Waals surface area contributed by atoms with Crippen LogP contribution in [0, 0.1) is 17.7 Å². The summed E-state index contributed by atoms with van der Waals surface area (Å²) in [5.74, 6) is -5.29. The molecule has 13 heteroatoms. The van der Waals surface area contributed by atoms with Crippen LogP contribution >= 0.6 is 22.7 Å². The summed E-state index contributed by atoms with van der Waals surface area (Å²) in [4.78, 5) is 47.8. The molecule has 228 valence electrons. The van der Waals surface area contributed by atoms with Crippen LogP contribution in [-0.2, 0) is 9.59 Å². The first-order valence-electron chi connectivity index (χ1n) is 13.2. The highest BCUT2D eigenvalue weighted by Crippen LogP contribution is 2.40. The average Bonchev–Trinajstić information content (AvgIpc) is 3.58. The number of methoxy groups -OCH3 is 1. The van der Waals surface area contributed by atoms with Gasteiger partial charge in [0.15, 0.2) is 40.4 Å². The summed E-state index contributed by atoms with van der Waals surface area (Å²) in [5, 5.41) is 29.3. The van der Waals surface area contributed by atoms with Gasteiger partial charge in [-0.05, 0) is 23.6 Å². The Hall–Kier alpha value is -4.23. The highest BCUT2D eigenvalue weighted by atomic mass is 32.1. The van der Waals surface area contributed by atoms with Crippen LogP contribution in [-0.4, -0.2) is 59.1 Å². The summed E-state index contributed by atoms with van der Waals surface area (Å²) in [6, 6.07) is 7.77. The van der Waals surface area contributed by atoms with Crippen molar-refractivity contribution in [3.63, 3.8) is 0 Å². The molecule has 0 amide bonds. The van der Waals surface area contributed by atoms with Crippen LogP contribution in [0.1, 0.15) is 52.5 Å². The van der Waals surface area contributed by atoms with E-state index >= 15 is 4.39 Å². The average molecular weight is 633 g/mol. The molecular weight excluding hydrogens is 603 g/mol. The fourth-order valence-electron chi connectivity index (χ4n) is 4.19. The molecule has 0 aliphatic heterocycles. The minimum atomic E-state index is -1.10. The number of fused-ring (bicyclic) bond motifs is 2. The van der Waals surface area contributed by atoms with Gasteiger partial charge in [0.05, 0.1) is 41.9 Å². The number of thiophene rings is 2. The predicted molar refractivity (Wildman–Crippen MR) is 159 cm³/mol. The summed E-state index contributed by atoms with van der Waals surface area (Å²) in [5.41, 5.74) is 0. The third-order valence-electron chi connectivity index (χ3n) is 6.67. The lowest BCUT2D eigenvalue weighted by atomic mass is 10.0. The molecule has 0 aliphatic rings. The Morgan fingerprint density at radius 3 is 2.00 bits per heavy atom. The number of hydrogen-bond donors (Lipinski definition) is 3. The van der Waals surface area contributed by atoms with E-state index in [0.717, 1.165) is 21.4 Å². The molecule has 3 N–H and O–H groups in total. The molecular formula is C30H29FO10S2. The van der Waals surface area contributed by atoms with E-state index in [9.17, 15) is 24.3 Å². The van der Waals surface area contributed by atoms with Gasteiger partial charge in [-0.2, -0.15) is 0 Å². The molecule has 0 aliphatic carbocycles. The van der Waals surface area contributed by atoms with Crippen molar-refractivity contribution in [2.45, 2.75) is 33.1 Å². The second kappa shape index (κ2) is 13.4. The van der Waals surface area contributed by atoms with Crippen LogP contribution in [0.25, 0.3) is 20.2 Å². The number of halogens is 1. The smallest absolute Gasteiger partial charge is 0.306 e. The van der Waals surface area contributed by atoms with Crippen LogP contribution in [0.4, 0.5) is 4.39 Å². The second-order valence-corrected chi connectivity index (χ2v) is 12.2. The highest BCUT2D eigenvalue weighted by Gasteiger charge is 2.23. The van der Waals surface area contributed by atoms with Gasteiger partial charge in [-0.3, -0.25) is 19.2 Å².